The van der Waals surface area contributed by atoms with Gasteiger partial charge in [0.15, 0.2) is 0 Å². The predicted molar refractivity (Wildman–Crippen MR) is 128 cm³/mol. The van der Waals surface area contributed by atoms with E-state index in [0.717, 1.165) is 31.7 Å². The number of nitrogens with two attached hydrogens (primary N) is 2. The molecular formula is C25H29FN6O. The van der Waals surface area contributed by atoms with E-state index in [1.165, 1.54) is 25.4 Å². The minimum Gasteiger partial charge on any atom is -0.397 e. The number of nitrogen functional groups attached to an aromatic ring is 1. The fraction of sp³-hybridized carbons (Fsp3) is 0.240. The predicted octanol–water partition coefficient (Wildman–Crippen LogP) is 2.57. The van der Waals surface area contributed by atoms with E-state index in [1.54, 1.807) is 18.3 Å². The van der Waals surface area contributed by atoms with Crippen LogP contribution in [0.25, 0.3) is 0 Å². The number of carbonyl (C=O) groups excluding carboxylic acids is 1. The molecule has 1 aliphatic rings. The fourth-order valence-electron chi connectivity index (χ4n) is 3.22. The van der Waals surface area contributed by atoms with Crippen LogP contribution in [0.2, 0.25) is 0 Å². The topological polar surface area (TPSA) is 121 Å². The Kier molecular flexibility index (Phi) is 10.5. The summed E-state index contributed by atoms with van der Waals surface area (Å²) < 4.78 is 13.5. The smallest absolute Gasteiger partial charge is 0.255 e. The first-order valence-corrected chi connectivity index (χ1v) is 10.6. The molecule has 2 aromatic carbocycles. The van der Waals surface area contributed by atoms with Gasteiger partial charge in [-0.2, -0.15) is 5.26 Å². The highest BCUT2D eigenvalue weighted by Gasteiger charge is 2.17. The van der Waals surface area contributed by atoms with Crippen LogP contribution in [-0.2, 0) is 6.42 Å². The first-order valence-electron chi connectivity index (χ1n) is 10.6. The summed E-state index contributed by atoms with van der Waals surface area (Å²) in [6.45, 7) is 3.18. The van der Waals surface area contributed by atoms with Crippen molar-refractivity contribution in [3.8, 4) is 6.07 Å². The minimum absolute atomic E-state index is 0.0105. The van der Waals surface area contributed by atoms with Gasteiger partial charge >= 0.3 is 0 Å². The van der Waals surface area contributed by atoms with Crippen LogP contribution >= 0.6 is 0 Å². The average molecular weight is 449 g/mol. The van der Waals surface area contributed by atoms with Crippen LogP contribution in [0.15, 0.2) is 67.0 Å². The molecule has 4 rings (SSSR count). The molecule has 1 saturated heterocycles. The molecule has 7 nitrogen and oxygen atoms in total. The van der Waals surface area contributed by atoms with E-state index < -0.39 is 0 Å². The number of piperazine rings is 1. The highest BCUT2D eigenvalue weighted by molar-refractivity contribution is 5.94. The number of nitriles is 1. The second-order valence-corrected chi connectivity index (χ2v) is 7.13. The molecule has 0 unspecified atom stereocenters. The van der Waals surface area contributed by atoms with Crippen molar-refractivity contribution in [1.82, 2.24) is 15.2 Å². The summed E-state index contributed by atoms with van der Waals surface area (Å²) in [5.41, 5.74) is 13.3. The van der Waals surface area contributed by atoms with Crippen molar-refractivity contribution in [2.24, 2.45) is 5.73 Å². The first kappa shape index (κ1) is 25.5. The standard InChI is InChI=1S/C14H10FN.C10H14N4O.CH5N/c15-14-7-6-12(10-16)9-13(14)8-11-4-2-1-3-5-11;11-9-5-8(6-13-7-9)10(15)14-3-1-12-2-4-14;1-2/h1-7,9H,8H2;5-7,12H,1-4,11H2;2H2,1H3. The number of amides is 1. The molecule has 1 amide bonds. The van der Waals surface area contributed by atoms with Crippen molar-refractivity contribution < 1.29 is 9.18 Å². The summed E-state index contributed by atoms with van der Waals surface area (Å²) in [6, 6.07) is 17.8. The van der Waals surface area contributed by atoms with Gasteiger partial charge in [0.25, 0.3) is 5.91 Å². The number of hydrogen-bond acceptors (Lipinski definition) is 6. The number of benzene rings is 2. The number of pyridine rings is 1. The molecule has 0 saturated carbocycles. The van der Waals surface area contributed by atoms with E-state index in [2.05, 4.69) is 16.0 Å². The number of anilines is 1. The van der Waals surface area contributed by atoms with Gasteiger partial charge in [-0.1, -0.05) is 30.3 Å². The van der Waals surface area contributed by atoms with Crippen LogP contribution in [0.3, 0.4) is 0 Å². The minimum atomic E-state index is -0.261. The van der Waals surface area contributed by atoms with Gasteiger partial charge in [0.05, 0.1) is 22.9 Å². The molecule has 8 heteroatoms. The number of nitrogens with one attached hydrogen (secondary N) is 1. The van der Waals surface area contributed by atoms with Gasteiger partial charge in [-0.05, 0) is 42.4 Å². The number of rotatable bonds is 3. The van der Waals surface area contributed by atoms with Crippen molar-refractivity contribution in [1.29, 1.82) is 5.26 Å². The van der Waals surface area contributed by atoms with E-state index in [9.17, 15) is 9.18 Å². The average Bonchev–Trinajstić information content (AvgIpc) is 2.88. The van der Waals surface area contributed by atoms with Crippen molar-refractivity contribution in [3.63, 3.8) is 0 Å². The van der Waals surface area contributed by atoms with Gasteiger partial charge in [0.2, 0.25) is 0 Å². The zero-order chi connectivity index (χ0) is 24.1. The summed E-state index contributed by atoms with van der Waals surface area (Å²) in [5, 5.41) is 11.9. The van der Waals surface area contributed by atoms with Crippen molar-refractivity contribution >= 4 is 11.6 Å². The SMILES string of the molecule is CN.N#Cc1ccc(F)c(Cc2ccccc2)c1.Nc1cncc(C(=O)N2CCNCC2)c1. The van der Waals surface area contributed by atoms with E-state index in [0.29, 0.717) is 28.8 Å². The molecular weight excluding hydrogens is 419 g/mol. The van der Waals surface area contributed by atoms with Crippen molar-refractivity contribution in [2.45, 2.75) is 6.42 Å². The lowest BCUT2D eigenvalue weighted by Gasteiger charge is -2.27. The zero-order valence-corrected chi connectivity index (χ0v) is 18.7. The van der Waals surface area contributed by atoms with Gasteiger partial charge < -0.3 is 21.7 Å². The van der Waals surface area contributed by atoms with Gasteiger partial charge in [0.1, 0.15) is 5.82 Å². The molecule has 1 fully saturated rings. The van der Waals surface area contributed by atoms with Crippen LogP contribution in [0.4, 0.5) is 10.1 Å². The number of halogens is 1. The third-order valence-corrected chi connectivity index (χ3v) is 4.82. The summed E-state index contributed by atoms with van der Waals surface area (Å²) in [5.74, 6) is -0.251. The number of nitrogens with zero attached hydrogens (tertiary/aromatic N) is 3. The second-order valence-electron chi connectivity index (χ2n) is 7.13. The highest BCUT2D eigenvalue weighted by Crippen LogP contribution is 2.15. The molecule has 0 bridgehead atoms. The molecule has 1 aliphatic heterocycles. The van der Waals surface area contributed by atoms with E-state index >= 15 is 0 Å². The Bertz CT molecular complexity index is 1060. The maximum atomic E-state index is 13.5. The lowest BCUT2D eigenvalue weighted by Crippen LogP contribution is -2.46. The van der Waals surface area contributed by atoms with Crippen LogP contribution in [0.1, 0.15) is 27.0 Å². The Hall–Kier alpha value is -3.80. The summed E-state index contributed by atoms with van der Waals surface area (Å²) in [7, 11) is 1.50. The second kappa shape index (κ2) is 13.6. The Morgan fingerprint density at radius 2 is 1.82 bits per heavy atom. The van der Waals surface area contributed by atoms with E-state index in [-0.39, 0.29) is 11.7 Å². The first-order chi connectivity index (χ1) is 16.1. The third-order valence-electron chi connectivity index (χ3n) is 4.82. The molecule has 0 spiro atoms. The van der Waals surface area contributed by atoms with Gasteiger partial charge in [-0.3, -0.25) is 9.78 Å². The Morgan fingerprint density at radius 3 is 2.45 bits per heavy atom. The van der Waals surface area contributed by atoms with Gasteiger partial charge in [-0.15, -0.1) is 0 Å². The molecule has 33 heavy (non-hydrogen) atoms. The maximum Gasteiger partial charge on any atom is 0.255 e. The number of hydrogen-bond donors (Lipinski definition) is 3. The quantitative estimate of drug-likeness (QED) is 0.566. The maximum absolute atomic E-state index is 13.5. The van der Waals surface area contributed by atoms with Crippen LogP contribution < -0.4 is 16.8 Å². The van der Waals surface area contributed by atoms with Crippen molar-refractivity contribution in [3.05, 3.63) is 95.1 Å². The summed E-state index contributed by atoms with van der Waals surface area (Å²) >= 11 is 0. The summed E-state index contributed by atoms with van der Waals surface area (Å²) in [4.78, 5) is 17.7. The lowest BCUT2D eigenvalue weighted by molar-refractivity contribution is 0.0735. The molecule has 3 aromatic rings. The Labute approximate surface area is 193 Å². The molecule has 0 aliphatic carbocycles. The normalized spacial score (nSPS) is 12.4. The van der Waals surface area contributed by atoms with Crippen molar-refractivity contribution in [2.75, 3.05) is 39.0 Å². The monoisotopic (exact) mass is 448 g/mol. The fourth-order valence-corrected chi connectivity index (χ4v) is 3.22. The van der Waals surface area contributed by atoms with E-state index in [1.807, 2.05) is 41.3 Å². The summed E-state index contributed by atoms with van der Waals surface area (Å²) in [6.07, 6.45) is 3.61. The van der Waals surface area contributed by atoms with Gasteiger partial charge in [-0.25, -0.2) is 4.39 Å². The molecule has 5 N–H and O–H groups in total. The Morgan fingerprint density at radius 1 is 1.12 bits per heavy atom. The zero-order valence-electron chi connectivity index (χ0n) is 18.7. The molecule has 0 atom stereocenters. The molecule has 172 valence electrons. The van der Waals surface area contributed by atoms with Crippen LogP contribution in [0.5, 0.6) is 0 Å². The third kappa shape index (κ3) is 8.00. The molecule has 0 radical (unpaired) electrons. The highest BCUT2D eigenvalue weighted by atomic mass is 19.1. The van der Waals surface area contributed by atoms with E-state index in [4.69, 9.17) is 11.0 Å². The lowest BCUT2D eigenvalue weighted by atomic mass is 10.0. The number of carbonyl (C=O) groups is 1. The van der Waals surface area contributed by atoms with Crippen LogP contribution in [0, 0.1) is 17.1 Å². The van der Waals surface area contributed by atoms with Crippen LogP contribution in [-0.4, -0.2) is 49.0 Å². The molecule has 1 aromatic heterocycles. The van der Waals surface area contributed by atoms with Gasteiger partial charge in [0, 0.05) is 45.0 Å². The molecule has 2 heterocycles. The number of aromatic nitrogens is 1. The largest absolute Gasteiger partial charge is 0.397 e. The Balaban J connectivity index is 0.000000218.